The summed E-state index contributed by atoms with van der Waals surface area (Å²) in [6.45, 7) is 6.95. The minimum atomic E-state index is -4.40. The molecule has 0 saturated heterocycles. The molecule has 4 aromatic rings. The summed E-state index contributed by atoms with van der Waals surface area (Å²) >= 11 is 1.69. The van der Waals surface area contributed by atoms with Gasteiger partial charge in [-0.15, -0.1) is 11.3 Å². The third-order valence-corrected chi connectivity index (χ3v) is 8.73. The van der Waals surface area contributed by atoms with E-state index in [0.717, 1.165) is 21.8 Å². The van der Waals surface area contributed by atoms with Crippen LogP contribution in [0, 0.1) is 0 Å². The number of para-hydroxylation sites is 1. The van der Waals surface area contributed by atoms with Gasteiger partial charge in [-0.2, -0.15) is 13.2 Å². The van der Waals surface area contributed by atoms with Crippen LogP contribution in [-0.2, 0) is 6.18 Å². The summed E-state index contributed by atoms with van der Waals surface area (Å²) in [7, 11) is 0.157. The molecule has 0 aliphatic carbocycles. The number of fused-ring (bicyclic) bond motifs is 3. The second-order valence-electron chi connectivity index (χ2n) is 8.26. The molecule has 1 heterocycles. The highest BCUT2D eigenvalue weighted by Gasteiger charge is 2.34. The Morgan fingerprint density at radius 1 is 0.759 bits per heavy atom. The van der Waals surface area contributed by atoms with Crippen molar-refractivity contribution >= 4 is 56.1 Å². The lowest BCUT2D eigenvalue weighted by Gasteiger charge is -2.24. The van der Waals surface area contributed by atoms with Gasteiger partial charge in [0.1, 0.15) is 0 Å². The molecule has 0 amide bonds. The highest BCUT2D eigenvalue weighted by atomic mass is 32.1. The van der Waals surface area contributed by atoms with E-state index in [1.54, 1.807) is 29.4 Å². The summed E-state index contributed by atoms with van der Waals surface area (Å²) in [6.07, 6.45) is -4.40. The van der Waals surface area contributed by atoms with Gasteiger partial charge in [-0.25, -0.2) is 0 Å². The van der Waals surface area contributed by atoms with E-state index >= 15 is 0 Å². The summed E-state index contributed by atoms with van der Waals surface area (Å²) in [5, 5.41) is 3.67. The summed E-state index contributed by atoms with van der Waals surface area (Å²) < 4.78 is 43.0. The number of rotatable bonds is 3. The summed E-state index contributed by atoms with van der Waals surface area (Å²) in [5.41, 5.74) is 0.334. The maximum Gasteiger partial charge on any atom is 0.418 e. The molecule has 0 N–H and O–H groups in total. The minimum absolute atomic E-state index is 0.162. The van der Waals surface area contributed by atoms with Crippen molar-refractivity contribution in [1.82, 2.24) is 0 Å². The highest BCUT2D eigenvalue weighted by molar-refractivity contribution is 7.28. The number of hydrogen-bond donors (Lipinski definition) is 0. The monoisotopic (exact) mass is 429 g/mol. The normalized spacial score (nSPS) is 12.7. The van der Waals surface area contributed by atoms with Gasteiger partial charge in [0.15, 0.2) is 0 Å². The van der Waals surface area contributed by atoms with Crippen LogP contribution in [0.4, 0.5) is 24.5 Å². The molecule has 29 heavy (non-hydrogen) atoms. The van der Waals surface area contributed by atoms with Crippen LogP contribution >= 0.6 is 11.3 Å². The van der Waals surface area contributed by atoms with Gasteiger partial charge in [0.25, 0.3) is 0 Å². The second kappa shape index (κ2) is 6.88. The van der Waals surface area contributed by atoms with Gasteiger partial charge in [0, 0.05) is 22.5 Å². The highest BCUT2D eigenvalue weighted by Crippen LogP contribution is 2.43. The molecule has 1 nitrogen and oxygen atoms in total. The predicted octanol–water partition coefficient (Wildman–Crippen LogP) is 7.39. The Labute approximate surface area is 173 Å². The smallest absolute Gasteiger partial charge is 0.343 e. The molecule has 0 aliphatic heterocycles. The first-order valence-corrected chi connectivity index (χ1v) is 13.8. The third-order valence-electron chi connectivity index (χ3n) is 5.24. The van der Waals surface area contributed by atoms with Crippen LogP contribution in [0.1, 0.15) is 5.56 Å². The van der Waals surface area contributed by atoms with Gasteiger partial charge in [0.05, 0.1) is 29.7 Å². The quantitative estimate of drug-likeness (QED) is 0.307. The molecular weight excluding hydrogens is 407 g/mol. The minimum Gasteiger partial charge on any atom is -0.343 e. The fraction of sp³-hybridized carbons (Fsp3) is 0.217. The Hall–Kier alpha value is -2.31. The second-order valence-corrected chi connectivity index (χ2v) is 14.3. The first-order chi connectivity index (χ1) is 13.6. The molecule has 0 unspecified atom stereocenters. The topological polar surface area (TPSA) is 3.24 Å². The zero-order valence-electron chi connectivity index (χ0n) is 16.8. The number of hydrogen-bond acceptors (Lipinski definition) is 2. The molecule has 0 fully saturated rings. The number of anilines is 2. The first kappa shape index (κ1) is 20.0. The van der Waals surface area contributed by atoms with Gasteiger partial charge in [-0.1, -0.05) is 62.1 Å². The molecule has 0 bridgehead atoms. The van der Waals surface area contributed by atoms with Gasteiger partial charge >= 0.3 is 6.18 Å². The number of halogens is 3. The van der Waals surface area contributed by atoms with Crippen molar-refractivity contribution in [2.45, 2.75) is 25.8 Å². The molecule has 1 aromatic heterocycles. The van der Waals surface area contributed by atoms with Crippen molar-refractivity contribution in [3.8, 4) is 0 Å². The maximum atomic E-state index is 13.6. The van der Waals surface area contributed by atoms with Gasteiger partial charge in [-0.3, -0.25) is 0 Å². The lowest BCUT2D eigenvalue weighted by atomic mass is 10.1. The van der Waals surface area contributed by atoms with Crippen LogP contribution in [-0.4, -0.2) is 15.1 Å². The molecule has 3 aromatic carbocycles. The van der Waals surface area contributed by atoms with Gasteiger partial charge in [-0.05, 0) is 23.4 Å². The third kappa shape index (κ3) is 3.44. The average Bonchev–Trinajstić information content (AvgIpc) is 3.04. The Morgan fingerprint density at radius 2 is 1.34 bits per heavy atom. The Morgan fingerprint density at radius 3 is 2.00 bits per heavy atom. The fourth-order valence-electron chi connectivity index (χ4n) is 3.80. The van der Waals surface area contributed by atoms with Crippen molar-refractivity contribution < 1.29 is 13.2 Å². The molecule has 0 saturated carbocycles. The SMILES string of the molecule is CN(c1ccccc1C(F)(F)F)c1cccc2c1sc1c([Si](C)(C)C)cccc12. The number of alkyl halides is 3. The lowest BCUT2D eigenvalue weighted by molar-refractivity contribution is -0.137. The predicted molar refractivity (Wildman–Crippen MR) is 122 cm³/mol. The largest absolute Gasteiger partial charge is 0.418 e. The van der Waals surface area contributed by atoms with Gasteiger partial charge in [0.2, 0.25) is 0 Å². The number of nitrogens with zero attached hydrogens (tertiary/aromatic N) is 1. The van der Waals surface area contributed by atoms with Gasteiger partial charge < -0.3 is 4.90 Å². The Bertz CT molecular complexity index is 1200. The molecule has 0 radical (unpaired) electrons. The maximum absolute atomic E-state index is 13.6. The summed E-state index contributed by atoms with van der Waals surface area (Å²) in [6, 6.07) is 18.1. The zero-order chi connectivity index (χ0) is 21.0. The van der Waals surface area contributed by atoms with Crippen molar-refractivity contribution in [3.05, 3.63) is 66.2 Å². The van der Waals surface area contributed by atoms with E-state index in [1.807, 2.05) is 12.1 Å². The van der Waals surface area contributed by atoms with E-state index in [0.29, 0.717) is 0 Å². The molecule has 0 atom stereocenters. The number of thiophene rings is 1. The van der Waals surface area contributed by atoms with E-state index < -0.39 is 19.8 Å². The van der Waals surface area contributed by atoms with E-state index in [-0.39, 0.29) is 5.69 Å². The van der Waals surface area contributed by atoms with E-state index in [2.05, 4.69) is 43.9 Å². The van der Waals surface area contributed by atoms with Crippen LogP contribution in [0.5, 0.6) is 0 Å². The Balaban J connectivity index is 1.97. The van der Waals surface area contributed by atoms with E-state index in [4.69, 9.17) is 0 Å². The molecule has 6 heteroatoms. The number of benzene rings is 3. The molecule has 0 spiro atoms. The van der Waals surface area contributed by atoms with Crippen molar-refractivity contribution in [2.75, 3.05) is 11.9 Å². The van der Waals surface area contributed by atoms with Crippen LogP contribution in [0.15, 0.2) is 60.7 Å². The van der Waals surface area contributed by atoms with Crippen molar-refractivity contribution in [2.24, 2.45) is 0 Å². The summed E-state index contributed by atoms with van der Waals surface area (Å²) in [4.78, 5) is 1.66. The lowest BCUT2D eigenvalue weighted by Crippen LogP contribution is -2.37. The van der Waals surface area contributed by atoms with Crippen molar-refractivity contribution in [1.29, 1.82) is 0 Å². The Kier molecular flexibility index (Phi) is 4.74. The molecule has 150 valence electrons. The zero-order valence-corrected chi connectivity index (χ0v) is 18.6. The molecule has 0 aliphatic rings. The standard InChI is InChI=1S/C23H22F3NSSi/c1-27(18-12-6-5-11-17(18)23(24,25)26)19-13-7-9-15-16-10-8-14-20(29(2,3)4)22(16)28-21(15)19/h5-14H,1-4H3. The van der Waals surface area contributed by atoms with Crippen LogP contribution in [0.2, 0.25) is 19.6 Å². The van der Waals surface area contributed by atoms with E-state index in [9.17, 15) is 13.2 Å². The van der Waals surface area contributed by atoms with Crippen LogP contribution in [0.3, 0.4) is 0 Å². The van der Waals surface area contributed by atoms with Crippen LogP contribution < -0.4 is 10.1 Å². The van der Waals surface area contributed by atoms with Crippen molar-refractivity contribution in [3.63, 3.8) is 0 Å². The summed E-state index contributed by atoms with van der Waals surface area (Å²) in [5.74, 6) is 0. The average molecular weight is 430 g/mol. The first-order valence-electron chi connectivity index (χ1n) is 9.44. The fourth-order valence-corrected chi connectivity index (χ4v) is 7.55. The van der Waals surface area contributed by atoms with E-state index in [1.165, 1.54) is 27.4 Å². The molecular formula is C23H22F3NSSi. The molecule has 4 rings (SSSR count). The van der Waals surface area contributed by atoms with Crippen LogP contribution in [0.25, 0.3) is 20.2 Å².